The number of nitrogens with two attached hydrogens (primary N) is 1. The van der Waals surface area contributed by atoms with Crippen LogP contribution in [0.3, 0.4) is 0 Å². The van der Waals surface area contributed by atoms with Gasteiger partial charge in [0.25, 0.3) is 5.91 Å². The molecule has 0 aliphatic heterocycles. The molecule has 1 rings (SSSR count). The van der Waals surface area contributed by atoms with Crippen molar-refractivity contribution in [1.29, 1.82) is 0 Å². The third-order valence-electron chi connectivity index (χ3n) is 2.78. The fourth-order valence-electron chi connectivity index (χ4n) is 1.75. The molecule has 1 aromatic rings. The number of hydrogen-bond acceptors (Lipinski definition) is 3. The summed E-state index contributed by atoms with van der Waals surface area (Å²) in [6, 6.07) is 4.08. The number of nitrogens with one attached hydrogen (secondary N) is 2. The third-order valence-corrected chi connectivity index (χ3v) is 3.11. The Morgan fingerprint density at radius 2 is 2.00 bits per heavy atom. The second-order valence-electron chi connectivity index (χ2n) is 5.00. The molecule has 5 nitrogen and oxygen atoms in total. The normalized spacial score (nSPS) is 12.1. The van der Waals surface area contributed by atoms with E-state index in [1.54, 1.807) is 12.1 Å². The van der Waals surface area contributed by atoms with Crippen molar-refractivity contribution < 1.29 is 9.59 Å². The predicted molar refractivity (Wildman–Crippen MR) is 80.9 cm³/mol. The molecule has 1 atom stereocenters. The third kappa shape index (κ3) is 4.51. The van der Waals surface area contributed by atoms with Gasteiger partial charge in [0.1, 0.15) is 0 Å². The van der Waals surface area contributed by atoms with Gasteiger partial charge in [0.2, 0.25) is 5.91 Å². The van der Waals surface area contributed by atoms with E-state index in [1.807, 2.05) is 13.8 Å². The molecule has 0 aliphatic rings. The standard InChI is InChI=1S/C14H20ClN3O2/c1-8(2)6-11(16)14(20)18-12-7-9(13(19)17-3)4-5-10(12)15/h4-5,7-8,11H,6,16H2,1-3H3,(H,17,19)(H,18,20). The van der Waals surface area contributed by atoms with Gasteiger partial charge in [-0.15, -0.1) is 0 Å². The summed E-state index contributed by atoms with van der Waals surface area (Å²) in [5.41, 5.74) is 6.61. The second kappa shape index (κ2) is 7.26. The molecule has 4 N–H and O–H groups in total. The number of halogens is 1. The van der Waals surface area contributed by atoms with Crippen LogP contribution in [0.5, 0.6) is 0 Å². The summed E-state index contributed by atoms with van der Waals surface area (Å²) < 4.78 is 0. The summed E-state index contributed by atoms with van der Waals surface area (Å²) in [5.74, 6) is -0.235. The van der Waals surface area contributed by atoms with Crippen LogP contribution in [0.15, 0.2) is 18.2 Å². The molecular weight excluding hydrogens is 278 g/mol. The fourth-order valence-corrected chi connectivity index (χ4v) is 1.91. The summed E-state index contributed by atoms with van der Waals surface area (Å²) in [6.07, 6.45) is 0.582. The maximum Gasteiger partial charge on any atom is 0.251 e. The number of hydrogen-bond donors (Lipinski definition) is 3. The molecule has 0 saturated carbocycles. The minimum Gasteiger partial charge on any atom is -0.355 e. The molecule has 0 aromatic heterocycles. The van der Waals surface area contributed by atoms with Crippen LogP contribution in [0.4, 0.5) is 5.69 Å². The Kier molecular flexibility index (Phi) is 5.98. The highest BCUT2D eigenvalue weighted by Crippen LogP contribution is 2.23. The Hall–Kier alpha value is -1.59. The lowest BCUT2D eigenvalue weighted by atomic mass is 10.0. The lowest BCUT2D eigenvalue weighted by Gasteiger charge is -2.15. The van der Waals surface area contributed by atoms with Gasteiger partial charge in [-0.2, -0.15) is 0 Å². The van der Waals surface area contributed by atoms with Gasteiger partial charge in [-0.25, -0.2) is 0 Å². The van der Waals surface area contributed by atoms with E-state index in [0.717, 1.165) is 0 Å². The van der Waals surface area contributed by atoms with Crippen molar-refractivity contribution in [1.82, 2.24) is 5.32 Å². The van der Waals surface area contributed by atoms with Gasteiger partial charge in [0.15, 0.2) is 0 Å². The van der Waals surface area contributed by atoms with Crippen molar-refractivity contribution >= 4 is 29.1 Å². The summed E-state index contributed by atoms with van der Waals surface area (Å²) in [5, 5.41) is 5.53. The SMILES string of the molecule is CNC(=O)c1ccc(Cl)c(NC(=O)C(N)CC(C)C)c1. The largest absolute Gasteiger partial charge is 0.355 e. The molecule has 0 fully saturated rings. The maximum absolute atomic E-state index is 12.0. The van der Waals surface area contributed by atoms with Crippen LogP contribution < -0.4 is 16.4 Å². The lowest BCUT2D eigenvalue weighted by Crippen LogP contribution is -2.36. The highest BCUT2D eigenvalue weighted by atomic mass is 35.5. The lowest BCUT2D eigenvalue weighted by molar-refractivity contribution is -0.117. The molecule has 6 heteroatoms. The molecule has 0 radical (unpaired) electrons. The van der Waals surface area contributed by atoms with Crippen molar-refractivity contribution in [2.45, 2.75) is 26.3 Å². The molecule has 0 spiro atoms. The van der Waals surface area contributed by atoms with E-state index < -0.39 is 6.04 Å². The summed E-state index contributed by atoms with van der Waals surface area (Å²) >= 11 is 6.01. The number of rotatable bonds is 5. The van der Waals surface area contributed by atoms with E-state index in [-0.39, 0.29) is 11.8 Å². The molecule has 0 bridgehead atoms. The van der Waals surface area contributed by atoms with Gasteiger partial charge in [-0.1, -0.05) is 25.4 Å². The van der Waals surface area contributed by atoms with Crippen molar-refractivity contribution in [2.75, 3.05) is 12.4 Å². The van der Waals surface area contributed by atoms with Crippen molar-refractivity contribution in [2.24, 2.45) is 11.7 Å². The summed E-state index contributed by atoms with van der Waals surface area (Å²) in [4.78, 5) is 23.5. The Labute approximate surface area is 123 Å². The first kappa shape index (κ1) is 16.5. The number of amides is 2. The van der Waals surface area contributed by atoms with Gasteiger partial charge in [0, 0.05) is 12.6 Å². The van der Waals surface area contributed by atoms with Crippen molar-refractivity contribution in [3.05, 3.63) is 28.8 Å². The number of anilines is 1. The maximum atomic E-state index is 12.0. The van der Waals surface area contributed by atoms with Crippen LogP contribution in [-0.4, -0.2) is 24.9 Å². The first-order valence-electron chi connectivity index (χ1n) is 6.43. The Bertz CT molecular complexity index is 503. The van der Waals surface area contributed by atoms with Gasteiger partial charge in [0.05, 0.1) is 16.8 Å². The smallest absolute Gasteiger partial charge is 0.251 e. The van der Waals surface area contributed by atoms with Crippen LogP contribution >= 0.6 is 11.6 Å². The van der Waals surface area contributed by atoms with Crippen molar-refractivity contribution in [3.8, 4) is 0 Å². The molecule has 0 saturated heterocycles. The zero-order valence-corrected chi connectivity index (χ0v) is 12.6. The zero-order chi connectivity index (χ0) is 15.3. The number of carbonyl (C=O) groups is 2. The van der Waals surface area contributed by atoms with E-state index in [4.69, 9.17) is 17.3 Å². The van der Waals surface area contributed by atoms with Crippen LogP contribution in [-0.2, 0) is 4.79 Å². The zero-order valence-electron chi connectivity index (χ0n) is 11.9. The molecule has 1 unspecified atom stereocenters. The molecule has 110 valence electrons. The van der Waals surface area contributed by atoms with E-state index in [0.29, 0.717) is 28.6 Å². The molecule has 0 heterocycles. The monoisotopic (exact) mass is 297 g/mol. The quantitative estimate of drug-likeness (QED) is 0.777. The van der Waals surface area contributed by atoms with Gasteiger partial charge in [-0.05, 0) is 30.5 Å². The average molecular weight is 298 g/mol. The fraction of sp³-hybridized carbons (Fsp3) is 0.429. The highest BCUT2D eigenvalue weighted by molar-refractivity contribution is 6.34. The molecule has 20 heavy (non-hydrogen) atoms. The van der Waals surface area contributed by atoms with Crippen LogP contribution in [0.25, 0.3) is 0 Å². The van der Waals surface area contributed by atoms with Crippen LogP contribution in [0.1, 0.15) is 30.6 Å². The topological polar surface area (TPSA) is 84.2 Å². The van der Waals surface area contributed by atoms with Gasteiger partial charge in [-0.3, -0.25) is 9.59 Å². The predicted octanol–water partition coefficient (Wildman–Crippen LogP) is 2.01. The van der Waals surface area contributed by atoms with E-state index in [1.165, 1.54) is 13.1 Å². The summed E-state index contributed by atoms with van der Waals surface area (Å²) in [7, 11) is 1.54. The first-order valence-corrected chi connectivity index (χ1v) is 6.81. The Morgan fingerprint density at radius 3 is 2.55 bits per heavy atom. The second-order valence-corrected chi connectivity index (χ2v) is 5.41. The van der Waals surface area contributed by atoms with Gasteiger partial charge < -0.3 is 16.4 Å². The van der Waals surface area contributed by atoms with Crippen LogP contribution in [0, 0.1) is 5.92 Å². The van der Waals surface area contributed by atoms with E-state index in [2.05, 4.69) is 10.6 Å². The molecule has 2 amide bonds. The number of carbonyl (C=O) groups excluding carboxylic acids is 2. The molecule has 1 aromatic carbocycles. The first-order chi connectivity index (χ1) is 9.35. The minimum absolute atomic E-state index is 0.247. The Balaban J connectivity index is 2.86. The summed E-state index contributed by atoms with van der Waals surface area (Å²) in [6.45, 7) is 3.98. The average Bonchev–Trinajstić information content (AvgIpc) is 2.39. The molecular formula is C14H20ClN3O2. The number of benzene rings is 1. The molecule has 0 aliphatic carbocycles. The van der Waals surface area contributed by atoms with Crippen molar-refractivity contribution in [3.63, 3.8) is 0 Å². The minimum atomic E-state index is -0.602. The van der Waals surface area contributed by atoms with Crippen LogP contribution in [0.2, 0.25) is 5.02 Å². The Morgan fingerprint density at radius 1 is 1.35 bits per heavy atom. The van der Waals surface area contributed by atoms with Gasteiger partial charge >= 0.3 is 0 Å². The highest BCUT2D eigenvalue weighted by Gasteiger charge is 2.17. The van der Waals surface area contributed by atoms with E-state index in [9.17, 15) is 9.59 Å². The van der Waals surface area contributed by atoms with E-state index >= 15 is 0 Å².